The van der Waals surface area contributed by atoms with Crippen LogP contribution < -0.4 is 0 Å². The Hall–Kier alpha value is -1.30. The zero-order valence-electron chi connectivity index (χ0n) is 9.94. The number of amides is 1. The molecule has 0 aromatic heterocycles. The van der Waals surface area contributed by atoms with E-state index in [1.54, 1.807) is 0 Å². The SMILES string of the molecule is CC(C)C1=CCN(C(=O)C2CC2C#N)CC1. The van der Waals surface area contributed by atoms with Gasteiger partial charge in [-0.2, -0.15) is 5.26 Å². The molecule has 1 fully saturated rings. The van der Waals surface area contributed by atoms with Crippen LogP contribution in [0, 0.1) is 29.1 Å². The molecule has 3 nitrogen and oxygen atoms in total. The molecule has 1 aliphatic carbocycles. The van der Waals surface area contributed by atoms with Crippen molar-refractivity contribution < 1.29 is 4.79 Å². The first-order valence-electron chi connectivity index (χ1n) is 6.00. The Morgan fingerprint density at radius 1 is 1.62 bits per heavy atom. The number of rotatable bonds is 2. The first-order chi connectivity index (χ1) is 7.63. The fourth-order valence-corrected chi connectivity index (χ4v) is 2.25. The third-order valence-corrected chi connectivity index (χ3v) is 3.57. The van der Waals surface area contributed by atoms with Crippen molar-refractivity contribution in [1.82, 2.24) is 4.90 Å². The predicted octanol–water partition coefficient (Wildman–Crippen LogP) is 1.96. The molecular weight excluding hydrogens is 200 g/mol. The summed E-state index contributed by atoms with van der Waals surface area (Å²) in [6, 6.07) is 2.17. The molecule has 0 bridgehead atoms. The largest absolute Gasteiger partial charge is 0.338 e. The van der Waals surface area contributed by atoms with Crippen molar-refractivity contribution in [3.8, 4) is 6.07 Å². The van der Waals surface area contributed by atoms with E-state index in [4.69, 9.17) is 5.26 Å². The van der Waals surface area contributed by atoms with Gasteiger partial charge < -0.3 is 4.90 Å². The van der Waals surface area contributed by atoms with Gasteiger partial charge in [-0.15, -0.1) is 0 Å². The van der Waals surface area contributed by atoms with E-state index in [2.05, 4.69) is 26.0 Å². The molecular formula is C13H18N2O. The summed E-state index contributed by atoms with van der Waals surface area (Å²) in [6.45, 7) is 5.95. The molecule has 0 saturated heterocycles. The minimum atomic E-state index is -0.0111. The lowest BCUT2D eigenvalue weighted by Gasteiger charge is -2.28. The van der Waals surface area contributed by atoms with Gasteiger partial charge in [-0.1, -0.05) is 25.5 Å². The molecule has 0 aromatic carbocycles. The molecule has 1 heterocycles. The highest BCUT2D eigenvalue weighted by atomic mass is 16.2. The number of carbonyl (C=O) groups excluding carboxylic acids is 1. The van der Waals surface area contributed by atoms with Gasteiger partial charge in [-0.3, -0.25) is 4.79 Å². The maximum absolute atomic E-state index is 12.0. The Morgan fingerprint density at radius 2 is 2.38 bits per heavy atom. The van der Waals surface area contributed by atoms with Gasteiger partial charge in [0.25, 0.3) is 0 Å². The summed E-state index contributed by atoms with van der Waals surface area (Å²) in [5.41, 5.74) is 1.46. The molecule has 1 amide bonds. The Kier molecular flexibility index (Phi) is 3.00. The molecule has 0 radical (unpaired) electrons. The van der Waals surface area contributed by atoms with Crippen LogP contribution in [-0.2, 0) is 4.79 Å². The van der Waals surface area contributed by atoms with Crippen LogP contribution in [0.5, 0.6) is 0 Å². The summed E-state index contributed by atoms with van der Waals surface area (Å²) < 4.78 is 0. The average molecular weight is 218 g/mol. The van der Waals surface area contributed by atoms with E-state index in [1.165, 1.54) is 5.57 Å². The van der Waals surface area contributed by atoms with E-state index in [1.807, 2.05) is 4.90 Å². The molecule has 2 unspecified atom stereocenters. The molecule has 1 aliphatic heterocycles. The van der Waals surface area contributed by atoms with Gasteiger partial charge in [0.2, 0.25) is 5.91 Å². The Labute approximate surface area is 96.7 Å². The van der Waals surface area contributed by atoms with Crippen LogP contribution >= 0.6 is 0 Å². The number of nitriles is 1. The zero-order valence-corrected chi connectivity index (χ0v) is 9.94. The lowest BCUT2D eigenvalue weighted by atomic mass is 9.97. The van der Waals surface area contributed by atoms with Crippen molar-refractivity contribution in [2.75, 3.05) is 13.1 Å². The third-order valence-electron chi connectivity index (χ3n) is 3.57. The smallest absolute Gasteiger partial charge is 0.227 e. The average Bonchev–Trinajstić information content (AvgIpc) is 3.07. The third kappa shape index (κ3) is 2.11. The normalized spacial score (nSPS) is 28.6. The van der Waals surface area contributed by atoms with Crippen molar-refractivity contribution in [1.29, 1.82) is 5.26 Å². The molecule has 2 atom stereocenters. The zero-order chi connectivity index (χ0) is 11.7. The van der Waals surface area contributed by atoms with Crippen LogP contribution in [-0.4, -0.2) is 23.9 Å². The van der Waals surface area contributed by atoms with E-state index in [-0.39, 0.29) is 17.7 Å². The topological polar surface area (TPSA) is 44.1 Å². The number of nitrogens with zero attached hydrogens (tertiary/aromatic N) is 2. The summed E-state index contributed by atoms with van der Waals surface area (Å²) in [6.07, 6.45) is 3.94. The fraction of sp³-hybridized carbons (Fsp3) is 0.692. The molecule has 2 rings (SSSR count). The second kappa shape index (κ2) is 4.29. The van der Waals surface area contributed by atoms with Crippen molar-refractivity contribution >= 4 is 5.91 Å². The summed E-state index contributed by atoms with van der Waals surface area (Å²) in [5.74, 6) is 0.762. The quantitative estimate of drug-likeness (QED) is 0.665. The van der Waals surface area contributed by atoms with Crippen molar-refractivity contribution in [3.63, 3.8) is 0 Å². The Balaban J connectivity index is 1.90. The molecule has 86 valence electrons. The second-order valence-electron chi connectivity index (χ2n) is 5.05. The van der Waals surface area contributed by atoms with Gasteiger partial charge in [-0.25, -0.2) is 0 Å². The van der Waals surface area contributed by atoms with Crippen LogP contribution in [0.4, 0.5) is 0 Å². The van der Waals surface area contributed by atoms with E-state index in [9.17, 15) is 4.79 Å². The minimum Gasteiger partial charge on any atom is -0.338 e. The van der Waals surface area contributed by atoms with Gasteiger partial charge in [0.05, 0.1) is 17.9 Å². The lowest BCUT2D eigenvalue weighted by Crippen LogP contribution is -2.36. The highest BCUT2D eigenvalue weighted by Gasteiger charge is 2.45. The van der Waals surface area contributed by atoms with Gasteiger partial charge in [-0.05, 0) is 18.8 Å². The highest BCUT2D eigenvalue weighted by molar-refractivity contribution is 5.82. The maximum Gasteiger partial charge on any atom is 0.227 e. The first kappa shape index (κ1) is 11.2. The Bertz CT molecular complexity index is 365. The van der Waals surface area contributed by atoms with Crippen molar-refractivity contribution in [2.45, 2.75) is 26.7 Å². The van der Waals surface area contributed by atoms with Gasteiger partial charge in [0, 0.05) is 13.1 Å². The van der Waals surface area contributed by atoms with Crippen LogP contribution in [0.2, 0.25) is 0 Å². The predicted molar refractivity (Wildman–Crippen MR) is 61.3 cm³/mol. The summed E-state index contributed by atoms with van der Waals surface area (Å²) in [7, 11) is 0. The lowest BCUT2D eigenvalue weighted by molar-refractivity contribution is -0.132. The Morgan fingerprint density at radius 3 is 2.81 bits per heavy atom. The summed E-state index contributed by atoms with van der Waals surface area (Å²) in [4.78, 5) is 13.8. The van der Waals surface area contributed by atoms with E-state index >= 15 is 0 Å². The minimum absolute atomic E-state index is 0.000926. The van der Waals surface area contributed by atoms with Crippen LogP contribution in [0.3, 0.4) is 0 Å². The van der Waals surface area contributed by atoms with Crippen molar-refractivity contribution in [3.05, 3.63) is 11.6 Å². The van der Waals surface area contributed by atoms with E-state index in [0.717, 1.165) is 25.9 Å². The summed E-state index contributed by atoms with van der Waals surface area (Å²) >= 11 is 0. The highest BCUT2D eigenvalue weighted by Crippen LogP contribution is 2.39. The van der Waals surface area contributed by atoms with Gasteiger partial charge in [0.15, 0.2) is 0 Å². The van der Waals surface area contributed by atoms with Gasteiger partial charge >= 0.3 is 0 Å². The number of hydrogen-bond donors (Lipinski definition) is 0. The molecule has 0 aromatic rings. The molecule has 0 spiro atoms. The maximum atomic E-state index is 12.0. The van der Waals surface area contributed by atoms with E-state index in [0.29, 0.717) is 5.92 Å². The monoisotopic (exact) mass is 218 g/mol. The second-order valence-corrected chi connectivity index (χ2v) is 5.05. The summed E-state index contributed by atoms with van der Waals surface area (Å²) in [5, 5.41) is 8.71. The number of carbonyl (C=O) groups is 1. The van der Waals surface area contributed by atoms with Crippen LogP contribution in [0.25, 0.3) is 0 Å². The fourth-order valence-electron chi connectivity index (χ4n) is 2.25. The molecule has 1 saturated carbocycles. The van der Waals surface area contributed by atoms with Crippen LogP contribution in [0.1, 0.15) is 26.7 Å². The van der Waals surface area contributed by atoms with Crippen molar-refractivity contribution in [2.24, 2.45) is 17.8 Å². The molecule has 3 heteroatoms. The number of hydrogen-bond acceptors (Lipinski definition) is 2. The first-order valence-corrected chi connectivity index (χ1v) is 6.00. The van der Waals surface area contributed by atoms with Crippen LogP contribution in [0.15, 0.2) is 11.6 Å². The molecule has 16 heavy (non-hydrogen) atoms. The molecule has 0 N–H and O–H groups in total. The van der Waals surface area contributed by atoms with Gasteiger partial charge in [0.1, 0.15) is 0 Å². The van der Waals surface area contributed by atoms with E-state index < -0.39 is 0 Å². The standard InChI is InChI=1S/C13H18N2O/c1-9(2)10-3-5-15(6-4-10)13(16)12-7-11(12)8-14/h3,9,11-12H,4-7H2,1-2H3. The molecule has 2 aliphatic rings.